The second-order valence-electron chi connectivity index (χ2n) is 5.78. The summed E-state index contributed by atoms with van der Waals surface area (Å²) >= 11 is 2.90. The van der Waals surface area contributed by atoms with Crippen LogP contribution in [0.2, 0.25) is 0 Å². The number of benzene rings is 1. The Morgan fingerprint density at radius 3 is 2.88 bits per heavy atom. The fourth-order valence-corrected chi connectivity index (χ4v) is 4.64. The van der Waals surface area contributed by atoms with E-state index < -0.39 is 4.92 Å². The number of nitrogens with zero attached hydrogens (tertiary/aromatic N) is 3. The lowest BCUT2D eigenvalue weighted by Crippen LogP contribution is -2.22. The fraction of sp³-hybridized carbons (Fsp3) is 0.222. The normalized spacial score (nSPS) is 11.0. The van der Waals surface area contributed by atoms with Crippen molar-refractivity contribution in [1.82, 2.24) is 9.55 Å². The van der Waals surface area contributed by atoms with E-state index in [-0.39, 0.29) is 11.2 Å². The number of nitro benzene ring substituents is 1. The van der Waals surface area contributed by atoms with Crippen LogP contribution in [0.5, 0.6) is 0 Å². The van der Waals surface area contributed by atoms with Crippen molar-refractivity contribution in [2.45, 2.75) is 31.3 Å². The molecule has 0 saturated heterocycles. The highest BCUT2D eigenvalue weighted by molar-refractivity contribution is 7.98. The third-order valence-corrected chi connectivity index (χ3v) is 6.20. The molecule has 0 atom stereocenters. The lowest BCUT2D eigenvalue weighted by Gasteiger charge is -2.10. The second-order valence-corrected chi connectivity index (χ2v) is 7.92. The number of fused-ring (bicyclic) bond motifs is 1. The van der Waals surface area contributed by atoms with Crippen LogP contribution in [0.1, 0.15) is 16.0 Å². The number of allylic oxidation sites excluding steroid dienone is 1. The second kappa shape index (κ2) is 7.43. The molecular weight excluding hydrogens is 370 g/mol. The number of nitro groups is 1. The maximum atomic E-state index is 12.9. The largest absolute Gasteiger partial charge is 0.283 e. The molecule has 0 N–H and O–H groups in total. The van der Waals surface area contributed by atoms with E-state index in [0.717, 1.165) is 20.8 Å². The number of aryl methyl sites for hydroxylation is 2. The number of thioether (sulfide) groups is 1. The van der Waals surface area contributed by atoms with Crippen molar-refractivity contribution >= 4 is 39.0 Å². The molecule has 0 saturated carbocycles. The molecule has 2 aromatic heterocycles. The van der Waals surface area contributed by atoms with Gasteiger partial charge in [-0.3, -0.25) is 19.5 Å². The Bertz CT molecular complexity index is 1070. The topological polar surface area (TPSA) is 78.0 Å². The molecule has 3 aromatic rings. The van der Waals surface area contributed by atoms with Gasteiger partial charge in [0.25, 0.3) is 11.2 Å². The molecule has 0 unspecified atom stereocenters. The number of hydrogen-bond acceptors (Lipinski definition) is 6. The van der Waals surface area contributed by atoms with Crippen LogP contribution >= 0.6 is 23.1 Å². The van der Waals surface area contributed by atoms with Gasteiger partial charge in [0.05, 0.1) is 10.3 Å². The molecule has 0 radical (unpaired) electrons. The van der Waals surface area contributed by atoms with E-state index in [9.17, 15) is 14.9 Å². The monoisotopic (exact) mass is 387 g/mol. The zero-order valence-corrected chi connectivity index (χ0v) is 16.0. The van der Waals surface area contributed by atoms with E-state index in [0.29, 0.717) is 22.8 Å². The molecule has 0 fully saturated rings. The summed E-state index contributed by atoms with van der Waals surface area (Å²) in [5.41, 5.74) is 1.76. The number of thiophene rings is 1. The first-order valence-electron chi connectivity index (χ1n) is 7.90. The number of aromatic nitrogens is 2. The molecular formula is C18H17N3O3S2. The van der Waals surface area contributed by atoms with E-state index in [1.54, 1.807) is 22.8 Å². The Kier molecular flexibility index (Phi) is 5.24. The van der Waals surface area contributed by atoms with Gasteiger partial charge in [-0.15, -0.1) is 17.9 Å². The fourth-order valence-electron chi connectivity index (χ4n) is 2.62. The average Bonchev–Trinajstić information content (AvgIpc) is 2.90. The third-order valence-electron chi connectivity index (χ3n) is 4.05. The molecule has 0 bridgehead atoms. The van der Waals surface area contributed by atoms with Crippen molar-refractivity contribution in [3.05, 3.63) is 73.4 Å². The summed E-state index contributed by atoms with van der Waals surface area (Å²) in [5.74, 6) is 0.486. The number of non-ortho nitro benzene ring substituents is 1. The minimum atomic E-state index is -0.413. The Labute approximate surface area is 158 Å². The zero-order chi connectivity index (χ0) is 18.8. The highest BCUT2D eigenvalue weighted by Gasteiger charge is 2.16. The van der Waals surface area contributed by atoms with Crippen molar-refractivity contribution in [1.29, 1.82) is 0 Å². The number of rotatable bonds is 6. The SMILES string of the molecule is C=CCn1c(SCc2cccc([N+](=O)[O-])c2)nc2sc(C)c(C)c2c1=O. The smallest absolute Gasteiger partial charge is 0.269 e. The Balaban J connectivity index is 2.00. The minimum absolute atomic E-state index is 0.0551. The predicted molar refractivity (Wildman–Crippen MR) is 106 cm³/mol. The van der Waals surface area contributed by atoms with Crippen LogP contribution < -0.4 is 5.56 Å². The molecule has 2 heterocycles. The van der Waals surface area contributed by atoms with Gasteiger partial charge >= 0.3 is 0 Å². The highest BCUT2D eigenvalue weighted by atomic mass is 32.2. The molecule has 0 amide bonds. The minimum Gasteiger partial charge on any atom is -0.283 e. The molecule has 6 nitrogen and oxygen atoms in total. The maximum absolute atomic E-state index is 12.9. The third kappa shape index (κ3) is 3.42. The van der Waals surface area contributed by atoms with Crippen LogP contribution in [0.3, 0.4) is 0 Å². The predicted octanol–water partition coefficient (Wildman–Crippen LogP) is 4.46. The molecule has 0 aliphatic rings. The number of hydrogen-bond donors (Lipinski definition) is 0. The van der Waals surface area contributed by atoms with Gasteiger partial charge in [0, 0.05) is 29.3 Å². The van der Waals surface area contributed by atoms with Crippen LogP contribution in [-0.4, -0.2) is 14.5 Å². The summed E-state index contributed by atoms with van der Waals surface area (Å²) in [5, 5.41) is 12.2. The van der Waals surface area contributed by atoms with E-state index in [2.05, 4.69) is 11.6 Å². The van der Waals surface area contributed by atoms with E-state index in [1.165, 1.54) is 29.2 Å². The van der Waals surface area contributed by atoms with Crippen LogP contribution in [0.15, 0.2) is 46.9 Å². The van der Waals surface area contributed by atoms with Gasteiger partial charge in [0.15, 0.2) is 5.16 Å². The summed E-state index contributed by atoms with van der Waals surface area (Å²) in [6, 6.07) is 6.49. The summed E-state index contributed by atoms with van der Waals surface area (Å²) in [6.07, 6.45) is 1.67. The highest BCUT2D eigenvalue weighted by Crippen LogP contribution is 2.29. The zero-order valence-electron chi connectivity index (χ0n) is 14.4. The molecule has 1 aromatic carbocycles. The van der Waals surface area contributed by atoms with Crippen LogP contribution in [-0.2, 0) is 12.3 Å². The van der Waals surface area contributed by atoms with Gasteiger partial charge in [-0.2, -0.15) is 0 Å². The van der Waals surface area contributed by atoms with Crippen LogP contribution in [0.25, 0.3) is 10.2 Å². The van der Waals surface area contributed by atoms with Gasteiger partial charge in [-0.25, -0.2) is 4.98 Å². The van der Waals surface area contributed by atoms with Crippen molar-refractivity contribution in [2.24, 2.45) is 0 Å². The molecule has 134 valence electrons. The standard InChI is InChI=1S/C18H17N3O3S2/c1-4-8-20-17(22)15-11(2)12(3)26-16(15)19-18(20)25-10-13-6-5-7-14(9-13)21(23)24/h4-7,9H,1,8,10H2,2-3H3. The molecule has 0 spiro atoms. The summed E-state index contributed by atoms with van der Waals surface area (Å²) in [6.45, 7) is 8.01. The molecule has 0 aliphatic carbocycles. The lowest BCUT2D eigenvalue weighted by molar-refractivity contribution is -0.384. The van der Waals surface area contributed by atoms with Crippen molar-refractivity contribution in [2.75, 3.05) is 0 Å². The van der Waals surface area contributed by atoms with Gasteiger partial charge < -0.3 is 0 Å². The Morgan fingerprint density at radius 1 is 1.42 bits per heavy atom. The van der Waals surface area contributed by atoms with Gasteiger partial charge in [-0.1, -0.05) is 30.0 Å². The summed E-state index contributed by atoms with van der Waals surface area (Å²) < 4.78 is 1.61. The van der Waals surface area contributed by atoms with Crippen molar-refractivity contribution in [3.8, 4) is 0 Å². The van der Waals surface area contributed by atoms with Crippen LogP contribution in [0, 0.1) is 24.0 Å². The molecule has 3 rings (SSSR count). The van der Waals surface area contributed by atoms with E-state index in [4.69, 9.17) is 0 Å². The van der Waals surface area contributed by atoms with Crippen LogP contribution in [0.4, 0.5) is 5.69 Å². The first-order chi connectivity index (χ1) is 12.4. The maximum Gasteiger partial charge on any atom is 0.269 e. The molecule has 26 heavy (non-hydrogen) atoms. The van der Waals surface area contributed by atoms with E-state index in [1.807, 2.05) is 19.9 Å². The Hall–Kier alpha value is -2.45. The quantitative estimate of drug-likeness (QED) is 0.205. The van der Waals surface area contributed by atoms with E-state index >= 15 is 0 Å². The molecule has 0 aliphatic heterocycles. The average molecular weight is 387 g/mol. The summed E-state index contributed by atoms with van der Waals surface area (Å²) in [4.78, 5) is 29.9. The van der Waals surface area contributed by atoms with Crippen molar-refractivity contribution in [3.63, 3.8) is 0 Å². The van der Waals surface area contributed by atoms with Gasteiger partial charge in [-0.05, 0) is 25.0 Å². The van der Waals surface area contributed by atoms with Gasteiger partial charge in [0.1, 0.15) is 4.83 Å². The van der Waals surface area contributed by atoms with Crippen molar-refractivity contribution < 1.29 is 4.92 Å². The summed E-state index contributed by atoms with van der Waals surface area (Å²) in [7, 11) is 0. The molecule has 8 heteroatoms. The first kappa shape index (κ1) is 18.3. The Morgan fingerprint density at radius 2 is 2.19 bits per heavy atom. The first-order valence-corrected chi connectivity index (χ1v) is 9.70. The lowest BCUT2D eigenvalue weighted by atomic mass is 10.2. The van der Waals surface area contributed by atoms with Gasteiger partial charge in [0.2, 0.25) is 0 Å².